The van der Waals surface area contributed by atoms with Crippen molar-refractivity contribution in [2.75, 3.05) is 18.6 Å². The number of thioether (sulfide) groups is 1. The molecular formula is C12H20N2O5S. The lowest BCUT2D eigenvalue weighted by Gasteiger charge is -2.23. The van der Waals surface area contributed by atoms with Crippen LogP contribution >= 0.6 is 11.8 Å². The van der Waals surface area contributed by atoms with Crippen molar-refractivity contribution >= 4 is 29.7 Å². The summed E-state index contributed by atoms with van der Waals surface area (Å²) in [6, 6.07) is -1.52. The Balaban J connectivity index is 2.37. The average molecular weight is 304 g/mol. The molecule has 0 aromatic carbocycles. The summed E-state index contributed by atoms with van der Waals surface area (Å²) in [5.74, 6) is 0.272. The second-order valence-corrected chi connectivity index (χ2v) is 5.69. The fourth-order valence-electron chi connectivity index (χ4n) is 1.86. The topological polar surface area (TPSA) is 105 Å². The first-order valence-corrected chi connectivity index (χ1v) is 7.62. The minimum absolute atomic E-state index is 0.00877. The maximum Gasteiger partial charge on any atom is 0.326 e. The molecule has 0 radical (unpaired) electrons. The molecule has 0 bridgehead atoms. The van der Waals surface area contributed by atoms with Gasteiger partial charge in [0.15, 0.2) is 0 Å². The van der Waals surface area contributed by atoms with Crippen LogP contribution in [0.25, 0.3) is 0 Å². The Hall–Kier alpha value is -1.44. The fourth-order valence-corrected chi connectivity index (χ4v) is 2.93. The number of carboxylic acids is 1. The number of aliphatic carboxylic acids is 1. The Bertz CT molecular complexity index is 358. The van der Waals surface area contributed by atoms with E-state index in [0.29, 0.717) is 0 Å². The Morgan fingerprint density at radius 2 is 2.20 bits per heavy atom. The van der Waals surface area contributed by atoms with Crippen molar-refractivity contribution in [3.05, 3.63) is 0 Å². The number of carbonyl (C=O) groups is 3. The predicted octanol–water partition coefficient (Wildman–Crippen LogP) is 0.588. The van der Waals surface area contributed by atoms with E-state index in [0.717, 1.165) is 24.3 Å². The third kappa shape index (κ3) is 6.14. The van der Waals surface area contributed by atoms with Gasteiger partial charge in [-0.1, -0.05) is 0 Å². The first-order chi connectivity index (χ1) is 9.52. The van der Waals surface area contributed by atoms with Crippen LogP contribution in [0.5, 0.6) is 0 Å². The molecule has 0 saturated carbocycles. The van der Waals surface area contributed by atoms with Gasteiger partial charge in [-0.25, -0.2) is 9.59 Å². The van der Waals surface area contributed by atoms with E-state index in [4.69, 9.17) is 5.11 Å². The largest absolute Gasteiger partial charge is 0.480 e. The molecule has 1 saturated heterocycles. The highest BCUT2D eigenvalue weighted by Gasteiger charge is 2.23. The number of esters is 1. The third-order valence-electron chi connectivity index (χ3n) is 2.96. The first kappa shape index (κ1) is 16.6. The van der Waals surface area contributed by atoms with Crippen LogP contribution in [-0.2, 0) is 14.3 Å². The summed E-state index contributed by atoms with van der Waals surface area (Å²) in [7, 11) is 1.24. The number of carbonyl (C=O) groups excluding carboxylic acids is 2. The van der Waals surface area contributed by atoms with E-state index in [9.17, 15) is 14.4 Å². The zero-order valence-electron chi connectivity index (χ0n) is 11.4. The van der Waals surface area contributed by atoms with Crippen molar-refractivity contribution in [2.45, 2.75) is 37.8 Å². The van der Waals surface area contributed by atoms with Gasteiger partial charge in [0.2, 0.25) is 0 Å². The zero-order chi connectivity index (χ0) is 15.0. The second kappa shape index (κ2) is 8.68. The molecule has 1 aliphatic rings. The number of hydrogen-bond donors (Lipinski definition) is 3. The Kier molecular flexibility index (Phi) is 7.21. The highest BCUT2D eigenvalue weighted by atomic mass is 32.2. The molecule has 3 N–H and O–H groups in total. The number of rotatable bonds is 6. The Morgan fingerprint density at radius 3 is 2.75 bits per heavy atom. The predicted molar refractivity (Wildman–Crippen MR) is 74.7 cm³/mol. The van der Waals surface area contributed by atoms with Gasteiger partial charge in [-0.05, 0) is 25.0 Å². The molecule has 1 unspecified atom stereocenters. The molecule has 8 heteroatoms. The van der Waals surface area contributed by atoms with Crippen molar-refractivity contribution in [1.82, 2.24) is 10.6 Å². The van der Waals surface area contributed by atoms with E-state index in [2.05, 4.69) is 15.4 Å². The highest BCUT2D eigenvalue weighted by molar-refractivity contribution is 7.99. The number of carboxylic acid groups (broad SMARTS) is 1. The van der Waals surface area contributed by atoms with Crippen LogP contribution in [0.1, 0.15) is 25.7 Å². The summed E-state index contributed by atoms with van der Waals surface area (Å²) in [5, 5.41) is 14.1. The fraction of sp³-hybridized carbons (Fsp3) is 0.750. The molecule has 1 rings (SSSR count). The molecule has 1 fully saturated rings. The quantitative estimate of drug-likeness (QED) is 0.620. The average Bonchev–Trinajstić information content (AvgIpc) is 2.43. The minimum atomic E-state index is -1.16. The SMILES string of the molecule is COC(=O)CC[C@H](NC(=O)NC1CCCSC1)C(=O)O. The molecule has 114 valence electrons. The normalized spacial score (nSPS) is 19.8. The molecule has 7 nitrogen and oxygen atoms in total. The van der Waals surface area contributed by atoms with E-state index < -0.39 is 24.0 Å². The van der Waals surface area contributed by atoms with Crippen LogP contribution in [0.2, 0.25) is 0 Å². The molecule has 1 heterocycles. The molecule has 0 spiro atoms. The van der Waals surface area contributed by atoms with E-state index >= 15 is 0 Å². The first-order valence-electron chi connectivity index (χ1n) is 6.47. The van der Waals surface area contributed by atoms with Gasteiger partial charge in [0, 0.05) is 18.2 Å². The second-order valence-electron chi connectivity index (χ2n) is 4.54. The van der Waals surface area contributed by atoms with Crippen molar-refractivity contribution in [2.24, 2.45) is 0 Å². The van der Waals surface area contributed by atoms with Gasteiger partial charge < -0.3 is 20.5 Å². The Labute approximate surface area is 121 Å². The number of urea groups is 1. The maximum atomic E-state index is 11.7. The number of amides is 2. The van der Waals surface area contributed by atoms with Crippen molar-refractivity contribution in [1.29, 1.82) is 0 Å². The van der Waals surface area contributed by atoms with Gasteiger partial charge in [-0.3, -0.25) is 4.79 Å². The van der Waals surface area contributed by atoms with Gasteiger partial charge in [-0.15, -0.1) is 0 Å². The number of ether oxygens (including phenoxy) is 1. The molecule has 1 aliphatic heterocycles. The van der Waals surface area contributed by atoms with Crippen LogP contribution in [0.4, 0.5) is 4.79 Å². The summed E-state index contributed by atoms with van der Waals surface area (Å²) in [5.41, 5.74) is 0. The van der Waals surface area contributed by atoms with Crippen molar-refractivity contribution in [3.63, 3.8) is 0 Å². The Morgan fingerprint density at radius 1 is 1.45 bits per heavy atom. The van der Waals surface area contributed by atoms with Crippen LogP contribution < -0.4 is 10.6 Å². The molecule has 2 amide bonds. The number of methoxy groups -OCH3 is 1. The summed E-state index contributed by atoms with van der Waals surface area (Å²) in [6.45, 7) is 0. The highest BCUT2D eigenvalue weighted by Crippen LogP contribution is 2.16. The molecule has 2 atom stereocenters. The number of hydrogen-bond acceptors (Lipinski definition) is 5. The third-order valence-corrected chi connectivity index (χ3v) is 4.18. The molecule has 20 heavy (non-hydrogen) atoms. The van der Waals surface area contributed by atoms with Crippen LogP contribution in [0, 0.1) is 0 Å². The van der Waals surface area contributed by atoms with Gasteiger partial charge >= 0.3 is 18.0 Å². The smallest absolute Gasteiger partial charge is 0.326 e. The molecule has 0 aromatic rings. The zero-order valence-corrected chi connectivity index (χ0v) is 12.2. The lowest BCUT2D eigenvalue weighted by Crippen LogP contribution is -2.50. The van der Waals surface area contributed by atoms with E-state index in [1.165, 1.54) is 7.11 Å². The summed E-state index contributed by atoms with van der Waals surface area (Å²) < 4.78 is 4.44. The lowest BCUT2D eigenvalue weighted by molar-refractivity contribution is -0.142. The van der Waals surface area contributed by atoms with Crippen LogP contribution in [0.15, 0.2) is 0 Å². The summed E-state index contributed by atoms with van der Waals surface area (Å²) in [4.78, 5) is 33.8. The molecular weight excluding hydrogens is 284 g/mol. The van der Waals surface area contributed by atoms with Crippen molar-refractivity contribution in [3.8, 4) is 0 Å². The van der Waals surface area contributed by atoms with E-state index in [1.807, 2.05) is 0 Å². The summed E-state index contributed by atoms with van der Waals surface area (Å²) >= 11 is 1.77. The molecule has 0 aliphatic carbocycles. The van der Waals surface area contributed by atoms with E-state index in [-0.39, 0.29) is 18.9 Å². The number of nitrogens with one attached hydrogen (secondary N) is 2. The minimum Gasteiger partial charge on any atom is -0.480 e. The maximum absolute atomic E-state index is 11.7. The van der Waals surface area contributed by atoms with Gasteiger partial charge in [0.25, 0.3) is 0 Å². The summed E-state index contributed by atoms with van der Waals surface area (Å²) in [6.07, 6.45) is 1.91. The van der Waals surface area contributed by atoms with Gasteiger partial charge in [-0.2, -0.15) is 11.8 Å². The monoisotopic (exact) mass is 304 g/mol. The van der Waals surface area contributed by atoms with E-state index in [1.54, 1.807) is 11.8 Å². The lowest BCUT2D eigenvalue weighted by atomic mass is 10.1. The molecule has 0 aromatic heterocycles. The van der Waals surface area contributed by atoms with Crippen LogP contribution in [0.3, 0.4) is 0 Å². The standard InChI is InChI=1S/C12H20N2O5S/c1-19-10(15)5-4-9(11(16)17)14-12(18)13-8-3-2-6-20-7-8/h8-9H,2-7H2,1H3,(H,16,17)(H2,13,14,18)/t8?,9-/m0/s1. The van der Waals surface area contributed by atoms with Crippen LogP contribution in [-0.4, -0.2) is 53.8 Å². The van der Waals surface area contributed by atoms with Crippen molar-refractivity contribution < 1.29 is 24.2 Å². The van der Waals surface area contributed by atoms with Gasteiger partial charge in [0.05, 0.1) is 7.11 Å². The van der Waals surface area contributed by atoms with Gasteiger partial charge in [0.1, 0.15) is 6.04 Å².